The number of carbonyl (C=O) groups is 1. The van der Waals surface area contributed by atoms with Crippen LogP contribution in [0.1, 0.15) is 22.8 Å². The zero-order chi connectivity index (χ0) is 25.4. The van der Waals surface area contributed by atoms with E-state index in [9.17, 15) is 19.8 Å². The Morgan fingerprint density at radius 1 is 1.28 bits per heavy atom. The monoisotopic (exact) mass is 506 g/mol. The van der Waals surface area contributed by atoms with Crippen LogP contribution in [0.4, 0.5) is 5.69 Å². The van der Waals surface area contributed by atoms with E-state index in [0.29, 0.717) is 44.5 Å². The van der Waals surface area contributed by atoms with Crippen LogP contribution in [0, 0.1) is 6.92 Å². The molecular formula is C25H23ClN6O4. The van der Waals surface area contributed by atoms with Crippen molar-refractivity contribution >= 4 is 40.1 Å². The fraction of sp³-hybridized carbons (Fsp3) is 0.200. The van der Waals surface area contributed by atoms with Crippen LogP contribution in [0.2, 0.25) is 5.02 Å². The summed E-state index contributed by atoms with van der Waals surface area (Å²) in [5.41, 5.74) is 4.03. The first kappa shape index (κ1) is 23.6. The second-order valence-electron chi connectivity index (χ2n) is 8.55. The molecule has 0 fully saturated rings. The van der Waals surface area contributed by atoms with Crippen LogP contribution in [0.5, 0.6) is 0 Å². The van der Waals surface area contributed by atoms with Crippen LogP contribution in [0.3, 0.4) is 0 Å². The van der Waals surface area contributed by atoms with Gasteiger partial charge in [0.2, 0.25) is 0 Å². The van der Waals surface area contributed by atoms with E-state index in [0.717, 1.165) is 11.1 Å². The topological polar surface area (TPSA) is 155 Å². The summed E-state index contributed by atoms with van der Waals surface area (Å²) in [6.07, 6.45) is 0.681. The number of H-pyrrole nitrogens is 2. The number of aliphatic hydroxyl groups is 1. The first-order valence-electron chi connectivity index (χ1n) is 11.2. The van der Waals surface area contributed by atoms with Gasteiger partial charge in [-0.15, -0.1) is 0 Å². The van der Waals surface area contributed by atoms with Crippen molar-refractivity contribution in [3.05, 3.63) is 80.7 Å². The Labute approximate surface area is 210 Å². The van der Waals surface area contributed by atoms with Gasteiger partial charge < -0.3 is 30.8 Å². The third-order valence-corrected chi connectivity index (χ3v) is 6.24. The third-order valence-electron chi connectivity index (χ3n) is 6.01. The number of anilines is 1. The summed E-state index contributed by atoms with van der Waals surface area (Å²) in [6.45, 7) is 2.19. The molecule has 0 bridgehead atoms. The van der Waals surface area contributed by atoms with Gasteiger partial charge in [0.15, 0.2) is 0 Å². The molecule has 2 aromatic carbocycles. The van der Waals surface area contributed by atoms with Crippen LogP contribution in [0.25, 0.3) is 22.4 Å². The number of hydrogen-bond donors (Lipinski definition) is 6. The number of nitrogens with one attached hydrogen (secondary N) is 4. The van der Waals surface area contributed by atoms with E-state index in [1.165, 1.54) is 6.20 Å². The number of hydrogen-bond acceptors (Lipinski definition) is 7. The Balaban J connectivity index is 1.45. The number of benzene rings is 2. The lowest BCUT2D eigenvalue weighted by Crippen LogP contribution is -2.37. The lowest BCUT2D eigenvalue weighted by Gasteiger charge is -2.15. The van der Waals surface area contributed by atoms with Crippen LogP contribution >= 0.6 is 11.6 Å². The highest BCUT2D eigenvalue weighted by molar-refractivity contribution is 6.30. The van der Waals surface area contributed by atoms with Crippen LogP contribution < -0.4 is 16.2 Å². The van der Waals surface area contributed by atoms with Gasteiger partial charge in [-0.3, -0.25) is 9.79 Å². The SMILES string of the molecule is Cc1cc(C2=NCC(C(=O)O)N2)cc2[nH]c(-c3c(NCC(O)c4cccc(Cl)c4)cc[nH]c3=O)nc12. The van der Waals surface area contributed by atoms with Crippen molar-refractivity contribution in [1.82, 2.24) is 20.3 Å². The molecule has 2 unspecified atom stereocenters. The number of fused-ring (bicyclic) bond motifs is 1. The van der Waals surface area contributed by atoms with Gasteiger partial charge in [0.05, 0.1) is 29.4 Å². The number of imidazole rings is 1. The van der Waals surface area contributed by atoms with Crippen molar-refractivity contribution < 1.29 is 15.0 Å². The average molecular weight is 507 g/mol. The summed E-state index contributed by atoms with van der Waals surface area (Å²) in [5.74, 6) is -0.103. The van der Waals surface area contributed by atoms with E-state index in [4.69, 9.17) is 11.6 Å². The van der Waals surface area contributed by atoms with Crippen molar-refractivity contribution in [2.75, 3.05) is 18.4 Å². The number of aryl methyl sites for hydroxylation is 1. The maximum Gasteiger partial charge on any atom is 0.328 e. The maximum atomic E-state index is 12.8. The van der Waals surface area contributed by atoms with Crippen molar-refractivity contribution in [3.63, 3.8) is 0 Å². The van der Waals surface area contributed by atoms with E-state index >= 15 is 0 Å². The quantitative estimate of drug-likeness (QED) is 0.225. The number of nitrogens with zero attached hydrogens (tertiary/aromatic N) is 2. The molecule has 11 heteroatoms. The summed E-state index contributed by atoms with van der Waals surface area (Å²) in [7, 11) is 0. The molecule has 10 nitrogen and oxygen atoms in total. The van der Waals surface area contributed by atoms with Crippen molar-refractivity contribution in [2.24, 2.45) is 4.99 Å². The third kappa shape index (κ3) is 4.56. The second-order valence-corrected chi connectivity index (χ2v) is 8.98. The van der Waals surface area contributed by atoms with Crippen molar-refractivity contribution in [3.8, 4) is 11.4 Å². The minimum Gasteiger partial charge on any atom is -0.480 e. The number of rotatable bonds is 7. The van der Waals surface area contributed by atoms with Gasteiger partial charge in [-0.2, -0.15) is 0 Å². The Bertz CT molecular complexity index is 1560. The Kier molecular flexibility index (Phi) is 6.21. The molecule has 5 rings (SSSR count). The number of carboxylic acid groups (broad SMARTS) is 1. The number of carboxylic acids is 1. The minimum absolute atomic E-state index is 0.149. The summed E-state index contributed by atoms with van der Waals surface area (Å²) in [5, 5.41) is 26.4. The molecular weight excluding hydrogens is 484 g/mol. The van der Waals surface area contributed by atoms with E-state index < -0.39 is 18.1 Å². The molecule has 4 aromatic rings. The van der Waals surface area contributed by atoms with Crippen molar-refractivity contribution in [2.45, 2.75) is 19.1 Å². The van der Waals surface area contributed by atoms with Gasteiger partial charge in [-0.25, -0.2) is 9.78 Å². The van der Waals surface area contributed by atoms with Gasteiger partial charge >= 0.3 is 5.97 Å². The highest BCUT2D eigenvalue weighted by Gasteiger charge is 2.25. The Morgan fingerprint density at radius 3 is 2.86 bits per heavy atom. The molecule has 0 spiro atoms. The van der Waals surface area contributed by atoms with Crippen LogP contribution in [-0.2, 0) is 4.79 Å². The van der Waals surface area contributed by atoms with Gasteiger partial charge in [0, 0.05) is 23.3 Å². The summed E-state index contributed by atoms with van der Waals surface area (Å²) < 4.78 is 0. The smallest absolute Gasteiger partial charge is 0.328 e. The number of aliphatic imine (C=N–C) groups is 1. The normalized spacial score (nSPS) is 16.0. The first-order chi connectivity index (χ1) is 17.3. The molecule has 0 amide bonds. The zero-order valence-electron chi connectivity index (χ0n) is 19.2. The van der Waals surface area contributed by atoms with E-state index in [2.05, 4.69) is 30.6 Å². The average Bonchev–Trinajstić information content (AvgIpc) is 3.50. The molecule has 1 aliphatic heterocycles. The van der Waals surface area contributed by atoms with E-state index in [1.54, 1.807) is 30.3 Å². The predicted molar refractivity (Wildman–Crippen MR) is 138 cm³/mol. The molecule has 184 valence electrons. The summed E-state index contributed by atoms with van der Waals surface area (Å²) in [4.78, 5) is 38.9. The number of pyridine rings is 1. The molecule has 36 heavy (non-hydrogen) atoms. The molecule has 0 radical (unpaired) electrons. The standard InChI is InChI=1S/C25H23ClN6O4/c1-12-7-14(22-29-10-18(31-22)25(35)36)9-17-21(12)32-23(30-17)20-16(5-6-27-24(20)34)28-11-19(33)13-3-2-4-15(26)8-13/h2-9,18-19,33H,10-11H2,1H3,(H,29,31)(H,30,32)(H,35,36)(H2,27,28,34). The first-order valence-corrected chi connectivity index (χ1v) is 11.6. The molecule has 2 aromatic heterocycles. The highest BCUT2D eigenvalue weighted by Crippen LogP contribution is 2.28. The molecule has 1 aliphatic rings. The zero-order valence-corrected chi connectivity index (χ0v) is 19.9. The van der Waals surface area contributed by atoms with Gasteiger partial charge in [0.1, 0.15) is 23.3 Å². The lowest BCUT2D eigenvalue weighted by molar-refractivity contribution is -0.138. The van der Waals surface area contributed by atoms with Crippen LogP contribution in [0.15, 0.2) is 58.4 Å². The molecule has 0 aliphatic carbocycles. The number of aromatic nitrogens is 3. The number of aromatic amines is 2. The van der Waals surface area contributed by atoms with Crippen molar-refractivity contribution in [1.29, 1.82) is 0 Å². The Hall–Kier alpha value is -4.15. The van der Waals surface area contributed by atoms with E-state index in [-0.39, 0.29) is 18.6 Å². The van der Waals surface area contributed by atoms with Gasteiger partial charge in [-0.05, 0) is 48.4 Å². The molecule has 0 saturated heterocycles. The second kappa shape index (κ2) is 9.48. The maximum absolute atomic E-state index is 12.8. The summed E-state index contributed by atoms with van der Waals surface area (Å²) in [6, 6.07) is 11.6. The number of aliphatic hydroxyl groups excluding tert-OH is 1. The summed E-state index contributed by atoms with van der Waals surface area (Å²) >= 11 is 6.03. The van der Waals surface area contributed by atoms with Gasteiger partial charge in [0.25, 0.3) is 5.56 Å². The fourth-order valence-electron chi connectivity index (χ4n) is 4.20. The molecule has 6 N–H and O–H groups in total. The number of halogens is 1. The predicted octanol–water partition coefficient (Wildman–Crippen LogP) is 2.83. The minimum atomic E-state index is -0.959. The highest BCUT2D eigenvalue weighted by atomic mass is 35.5. The van der Waals surface area contributed by atoms with E-state index in [1.807, 2.05) is 19.1 Å². The number of aliphatic carboxylic acids is 1. The lowest BCUT2D eigenvalue weighted by atomic mass is 10.1. The molecule has 3 heterocycles. The van der Waals surface area contributed by atoms with Crippen LogP contribution in [-0.4, -0.2) is 56.1 Å². The van der Waals surface area contributed by atoms with Gasteiger partial charge in [-0.1, -0.05) is 23.7 Å². The number of amidine groups is 1. The molecule has 2 atom stereocenters. The largest absolute Gasteiger partial charge is 0.480 e. The fourth-order valence-corrected chi connectivity index (χ4v) is 4.40. The Morgan fingerprint density at radius 2 is 2.11 bits per heavy atom. The molecule has 0 saturated carbocycles.